The van der Waals surface area contributed by atoms with Crippen LogP contribution in [0.25, 0.3) is 16.9 Å². The number of hydrogen-bond donors (Lipinski definition) is 0. The first kappa shape index (κ1) is 21.0. The van der Waals surface area contributed by atoms with E-state index in [0.29, 0.717) is 0 Å². The molecule has 1 fully saturated rings. The Morgan fingerprint density at radius 3 is 2.41 bits per heavy atom. The average Bonchev–Trinajstić information content (AvgIpc) is 3.31. The van der Waals surface area contributed by atoms with E-state index >= 15 is 0 Å². The van der Waals surface area contributed by atoms with E-state index in [2.05, 4.69) is 21.9 Å². The maximum Gasteiger partial charge on any atom is 0.158 e. The summed E-state index contributed by atoms with van der Waals surface area (Å²) < 4.78 is 21.2. The predicted molar refractivity (Wildman–Crippen MR) is 132 cm³/mol. The van der Waals surface area contributed by atoms with Gasteiger partial charge in [-0.05, 0) is 62.1 Å². The van der Waals surface area contributed by atoms with Crippen LogP contribution in [0.2, 0.25) is 0 Å². The highest BCUT2D eigenvalue weighted by Crippen LogP contribution is 2.33. The molecule has 174 valence electrons. The molecule has 1 aliphatic heterocycles. The van der Waals surface area contributed by atoms with Crippen LogP contribution in [0.3, 0.4) is 0 Å². The standard InChI is InChI=1S/C27H28FN5O/c1-34-22-11-9-21(10-12-22)31-13-15-32(16-14-31)27-23-7-2-3-8-24(23)29-26-18-25(30-33(26)27)19-5-4-6-20(28)17-19/h4-6,9-12,17-18H,2-3,7-8,13-16H2,1H3. The third-order valence-electron chi connectivity index (χ3n) is 6.99. The SMILES string of the molecule is COc1ccc(N2CCN(c3c4c(nc5cc(-c6cccc(F)c6)nn35)CCCC4)CC2)cc1. The molecule has 1 aliphatic carbocycles. The zero-order valence-corrected chi connectivity index (χ0v) is 19.4. The molecule has 3 heterocycles. The minimum atomic E-state index is -0.253. The first-order chi connectivity index (χ1) is 16.7. The van der Waals surface area contributed by atoms with Gasteiger partial charge in [0.05, 0.1) is 12.8 Å². The summed E-state index contributed by atoms with van der Waals surface area (Å²) >= 11 is 0. The van der Waals surface area contributed by atoms with E-state index in [1.807, 2.05) is 28.8 Å². The van der Waals surface area contributed by atoms with Crippen LogP contribution in [0.15, 0.2) is 54.6 Å². The van der Waals surface area contributed by atoms with Gasteiger partial charge in [0.25, 0.3) is 0 Å². The molecule has 2 aromatic carbocycles. The molecule has 4 aromatic rings. The van der Waals surface area contributed by atoms with Gasteiger partial charge in [-0.3, -0.25) is 0 Å². The van der Waals surface area contributed by atoms with Gasteiger partial charge in [-0.2, -0.15) is 9.61 Å². The molecule has 6 rings (SSSR count). The normalized spacial score (nSPS) is 16.1. The van der Waals surface area contributed by atoms with Gasteiger partial charge in [0.15, 0.2) is 5.65 Å². The maximum absolute atomic E-state index is 13.9. The summed E-state index contributed by atoms with van der Waals surface area (Å²) in [4.78, 5) is 9.85. The molecule has 0 atom stereocenters. The number of fused-ring (bicyclic) bond motifs is 2. The molecule has 0 radical (unpaired) electrons. The minimum absolute atomic E-state index is 0.253. The third-order valence-corrected chi connectivity index (χ3v) is 6.99. The van der Waals surface area contributed by atoms with Crippen LogP contribution in [-0.2, 0) is 12.8 Å². The first-order valence-corrected chi connectivity index (χ1v) is 12.0. The van der Waals surface area contributed by atoms with Crippen molar-refractivity contribution in [1.29, 1.82) is 0 Å². The minimum Gasteiger partial charge on any atom is -0.497 e. The average molecular weight is 458 g/mol. The van der Waals surface area contributed by atoms with Crippen molar-refractivity contribution in [1.82, 2.24) is 14.6 Å². The fourth-order valence-corrected chi connectivity index (χ4v) is 5.21. The van der Waals surface area contributed by atoms with Crippen LogP contribution in [0.5, 0.6) is 5.75 Å². The number of piperazine rings is 1. The molecule has 0 bridgehead atoms. The van der Waals surface area contributed by atoms with E-state index in [9.17, 15) is 4.39 Å². The van der Waals surface area contributed by atoms with Crippen molar-refractivity contribution >= 4 is 17.2 Å². The molecule has 0 unspecified atom stereocenters. The zero-order chi connectivity index (χ0) is 23.1. The van der Waals surface area contributed by atoms with Gasteiger partial charge in [0.1, 0.15) is 17.4 Å². The largest absolute Gasteiger partial charge is 0.497 e. The summed E-state index contributed by atoms with van der Waals surface area (Å²) in [6.07, 6.45) is 4.38. The number of anilines is 2. The molecule has 7 heteroatoms. The molecule has 34 heavy (non-hydrogen) atoms. The van der Waals surface area contributed by atoms with E-state index in [1.54, 1.807) is 13.2 Å². The summed E-state index contributed by atoms with van der Waals surface area (Å²) in [6, 6.07) is 16.9. The van der Waals surface area contributed by atoms with Gasteiger partial charge in [0.2, 0.25) is 0 Å². The molecule has 0 saturated carbocycles. The van der Waals surface area contributed by atoms with E-state index in [0.717, 1.165) is 67.5 Å². The summed E-state index contributed by atoms with van der Waals surface area (Å²) in [5.74, 6) is 1.79. The Morgan fingerprint density at radius 1 is 0.882 bits per heavy atom. The second kappa shape index (κ2) is 8.63. The molecule has 1 saturated heterocycles. The van der Waals surface area contributed by atoms with E-state index in [4.69, 9.17) is 14.8 Å². The highest BCUT2D eigenvalue weighted by Gasteiger charge is 2.27. The Labute approximate surface area is 198 Å². The lowest BCUT2D eigenvalue weighted by molar-refractivity contribution is 0.415. The zero-order valence-electron chi connectivity index (χ0n) is 19.4. The van der Waals surface area contributed by atoms with Crippen LogP contribution in [0.1, 0.15) is 24.1 Å². The van der Waals surface area contributed by atoms with Crippen molar-refractivity contribution in [3.8, 4) is 17.0 Å². The molecular weight excluding hydrogens is 429 g/mol. The first-order valence-electron chi connectivity index (χ1n) is 12.0. The number of rotatable bonds is 4. The number of hydrogen-bond acceptors (Lipinski definition) is 5. The van der Waals surface area contributed by atoms with Crippen molar-refractivity contribution < 1.29 is 9.13 Å². The monoisotopic (exact) mass is 457 g/mol. The lowest BCUT2D eigenvalue weighted by Gasteiger charge is -2.38. The Balaban J connectivity index is 1.35. The number of aromatic nitrogens is 3. The Morgan fingerprint density at radius 2 is 1.65 bits per heavy atom. The molecule has 2 aromatic heterocycles. The van der Waals surface area contributed by atoms with Crippen molar-refractivity contribution in [2.75, 3.05) is 43.1 Å². The predicted octanol–water partition coefficient (Wildman–Crippen LogP) is 4.75. The molecule has 2 aliphatic rings. The molecule has 0 spiro atoms. The van der Waals surface area contributed by atoms with Gasteiger partial charge >= 0.3 is 0 Å². The number of ether oxygens (including phenoxy) is 1. The summed E-state index contributed by atoms with van der Waals surface area (Å²) in [5.41, 5.74) is 6.11. The van der Waals surface area contributed by atoms with Gasteiger partial charge in [-0.25, -0.2) is 9.37 Å². The topological polar surface area (TPSA) is 45.9 Å². The van der Waals surface area contributed by atoms with Crippen molar-refractivity contribution in [3.63, 3.8) is 0 Å². The maximum atomic E-state index is 13.9. The number of aryl methyl sites for hydroxylation is 1. The van der Waals surface area contributed by atoms with Crippen molar-refractivity contribution in [2.45, 2.75) is 25.7 Å². The third kappa shape index (κ3) is 3.75. The fraction of sp³-hybridized carbons (Fsp3) is 0.333. The smallest absolute Gasteiger partial charge is 0.158 e. The highest BCUT2D eigenvalue weighted by molar-refractivity contribution is 5.68. The van der Waals surface area contributed by atoms with Crippen LogP contribution in [0.4, 0.5) is 15.9 Å². The van der Waals surface area contributed by atoms with Gasteiger partial charge in [0, 0.05) is 54.8 Å². The van der Waals surface area contributed by atoms with E-state index in [1.165, 1.54) is 41.9 Å². The van der Waals surface area contributed by atoms with Crippen LogP contribution in [-0.4, -0.2) is 47.9 Å². The molecule has 0 amide bonds. The van der Waals surface area contributed by atoms with E-state index in [-0.39, 0.29) is 5.82 Å². The summed E-state index contributed by atoms with van der Waals surface area (Å²) in [7, 11) is 1.69. The van der Waals surface area contributed by atoms with E-state index < -0.39 is 0 Å². The second-order valence-corrected chi connectivity index (χ2v) is 9.05. The Kier molecular flexibility index (Phi) is 5.32. The van der Waals surface area contributed by atoms with Gasteiger partial charge in [-0.1, -0.05) is 12.1 Å². The summed E-state index contributed by atoms with van der Waals surface area (Å²) in [6.45, 7) is 3.69. The highest BCUT2D eigenvalue weighted by atomic mass is 19.1. The Hall–Kier alpha value is -3.61. The molecule has 6 nitrogen and oxygen atoms in total. The molecule has 0 N–H and O–H groups in total. The lowest BCUT2D eigenvalue weighted by atomic mass is 9.96. The van der Waals surface area contributed by atoms with Crippen LogP contribution in [0, 0.1) is 5.82 Å². The molecular formula is C27H28FN5O. The van der Waals surface area contributed by atoms with Crippen molar-refractivity contribution in [3.05, 3.63) is 71.7 Å². The number of halogens is 1. The van der Waals surface area contributed by atoms with Crippen LogP contribution >= 0.6 is 0 Å². The summed E-state index contributed by atoms with van der Waals surface area (Å²) in [5, 5.41) is 4.92. The number of methoxy groups -OCH3 is 1. The number of benzene rings is 2. The second-order valence-electron chi connectivity index (χ2n) is 9.05. The Bertz CT molecular complexity index is 1330. The van der Waals surface area contributed by atoms with Gasteiger partial charge in [-0.15, -0.1) is 0 Å². The van der Waals surface area contributed by atoms with Crippen molar-refractivity contribution in [2.24, 2.45) is 0 Å². The quantitative estimate of drug-likeness (QED) is 0.443. The van der Waals surface area contributed by atoms with Crippen LogP contribution < -0.4 is 14.5 Å². The van der Waals surface area contributed by atoms with Gasteiger partial charge < -0.3 is 14.5 Å². The fourth-order valence-electron chi connectivity index (χ4n) is 5.21. The number of nitrogens with zero attached hydrogens (tertiary/aromatic N) is 5. The lowest BCUT2D eigenvalue weighted by Crippen LogP contribution is -2.47.